The van der Waals surface area contributed by atoms with Gasteiger partial charge in [-0.2, -0.15) is 0 Å². The fraction of sp³-hybridized carbons (Fsp3) is 0.429. The molecular weight excluding hydrogens is 244 g/mol. The first-order valence-corrected chi connectivity index (χ1v) is 6.32. The summed E-state index contributed by atoms with van der Waals surface area (Å²) in [7, 11) is 0. The monoisotopic (exact) mass is 264 g/mol. The zero-order valence-corrected chi connectivity index (χ0v) is 11.3. The third-order valence-electron chi connectivity index (χ3n) is 2.65. The molecule has 2 amide bonds. The Morgan fingerprint density at radius 3 is 2.68 bits per heavy atom. The van der Waals surface area contributed by atoms with Crippen LogP contribution in [0.15, 0.2) is 24.3 Å². The van der Waals surface area contributed by atoms with Crippen molar-refractivity contribution in [1.82, 2.24) is 5.32 Å². The van der Waals surface area contributed by atoms with Crippen molar-refractivity contribution in [1.29, 1.82) is 0 Å². The maximum Gasteiger partial charge on any atom is 0.313 e. The second-order valence-electron chi connectivity index (χ2n) is 4.56. The lowest BCUT2D eigenvalue weighted by atomic mass is 10.2. The third-order valence-corrected chi connectivity index (χ3v) is 2.65. The van der Waals surface area contributed by atoms with E-state index in [4.69, 9.17) is 5.11 Å². The highest BCUT2D eigenvalue weighted by atomic mass is 16.3. The molecule has 1 aromatic carbocycles. The quantitative estimate of drug-likeness (QED) is 0.699. The van der Waals surface area contributed by atoms with Crippen LogP contribution in [0.1, 0.15) is 25.3 Å². The van der Waals surface area contributed by atoms with Crippen LogP contribution >= 0.6 is 0 Å². The molecule has 0 bridgehead atoms. The summed E-state index contributed by atoms with van der Waals surface area (Å²) in [4.78, 5) is 23.3. The molecular formula is C14H20N2O3. The highest BCUT2D eigenvalue weighted by Crippen LogP contribution is 2.09. The molecule has 1 aromatic rings. The molecule has 0 aliphatic carbocycles. The van der Waals surface area contributed by atoms with E-state index in [1.165, 1.54) is 0 Å². The number of amides is 2. The minimum atomic E-state index is -0.679. The zero-order chi connectivity index (χ0) is 14.3. The number of aryl methyl sites for hydroxylation is 1. The normalized spacial score (nSPS) is 11.7. The number of anilines is 1. The average molecular weight is 264 g/mol. The van der Waals surface area contributed by atoms with Crippen LogP contribution in [0.4, 0.5) is 5.69 Å². The van der Waals surface area contributed by atoms with E-state index >= 15 is 0 Å². The largest absolute Gasteiger partial charge is 0.396 e. The van der Waals surface area contributed by atoms with Gasteiger partial charge in [-0.25, -0.2) is 0 Å². The Kier molecular flexibility index (Phi) is 6.02. The molecule has 1 rings (SSSR count). The summed E-state index contributed by atoms with van der Waals surface area (Å²) in [6, 6.07) is 7.11. The molecule has 104 valence electrons. The molecule has 0 heterocycles. The van der Waals surface area contributed by atoms with Gasteiger partial charge < -0.3 is 15.7 Å². The summed E-state index contributed by atoms with van der Waals surface area (Å²) in [5.41, 5.74) is 1.61. The number of hydrogen-bond donors (Lipinski definition) is 3. The Hall–Kier alpha value is -1.88. The second-order valence-corrected chi connectivity index (χ2v) is 4.56. The molecule has 1 unspecified atom stereocenters. The van der Waals surface area contributed by atoms with Crippen LogP contribution in [0.3, 0.4) is 0 Å². The van der Waals surface area contributed by atoms with Crippen molar-refractivity contribution in [2.75, 3.05) is 11.9 Å². The van der Waals surface area contributed by atoms with Gasteiger partial charge in [-0.15, -0.1) is 0 Å². The van der Waals surface area contributed by atoms with Gasteiger partial charge in [-0.1, -0.05) is 12.1 Å². The van der Waals surface area contributed by atoms with Crippen molar-refractivity contribution in [2.45, 2.75) is 32.7 Å². The predicted octanol–water partition coefficient (Wildman–Crippen LogP) is 1.21. The first kappa shape index (κ1) is 15.2. The summed E-state index contributed by atoms with van der Waals surface area (Å²) in [6.45, 7) is 3.79. The summed E-state index contributed by atoms with van der Waals surface area (Å²) >= 11 is 0. The van der Waals surface area contributed by atoms with Crippen LogP contribution in [-0.2, 0) is 9.59 Å². The Bertz CT molecular complexity index is 446. The van der Waals surface area contributed by atoms with Gasteiger partial charge in [0.1, 0.15) is 0 Å². The van der Waals surface area contributed by atoms with Gasteiger partial charge in [0.05, 0.1) is 0 Å². The van der Waals surface area contributed by atoms with Crippen molar-refractivity contribution in [3.63, 3.8) is 0 Å². The number of carbonyl (C=O) groups excluding carboxylic acids is 2. The van der Waals surface area contributed by atoms with E-state index in [1.807, 2.05) is 19.1 Å². The van der Waals surface area contributed by atoms with Gasteiger partial charge in [0, 0.05) is 18.3 Å². The number of rotatable bonds is 5. The van der Waals surface area contributed by atoms with Crippen molar-refractivity contribution in [3.8, 4) is 0 Å². The topological polar surface area (TPSA) is 78.4 Å². The average Bonchev–Trinajstić information content (AvgIpc) is 2.36. The molecule has 5 nitrogen and oxygen atoms in total. The van der Waals surface area contributed by atoms with Gasteiger partial charge in [0.2, 0.25) is 0 Å². The predicted molar refractivity (Wildman–Crippen MR) is 73.7 cm³/mol. The number of hydrogen-bond acceptors (Lipinski definition) is 3. The van der Waals surface area contributed by atoms with Crippen LogP contribution in [0.2, 0.25) is 0 Å². The first-order valence-electron chi connectivity index (χ1n) is 6.32. The number of benzene rings is 1. The lowest BCUT2D eigenvalue weighted by Crippen LogP contribution is -2.40. The Balaban J connectivity index is 2.47. The summed E-state index contributed by atoms with van der Waals surface area (Å²) in [5.74, 6) is -1.34. The van der Waals surface area contributed by atoms with Crippen LogP contribution in [-0.4, -0.2) is 29.6 Å². The molecule has 1 atom stereocenters. The molecule has 5 heteroatoms. The fourth-order valence-corrected chi connectivity index (χ4v) is 1.67. The smallest absolute Gasteiger partial charge is 0.313 e. The maximum atomic E-state index is 11.7. The van der Waals surface area contributed by atoms with Crippen molar-refractivity contribution >= 4 is 17.5 Å². The first-order chi connectivity index (χ1) is 9.02. The zero-order valence-electron chi connectivity index (χ0n) is 11.3. The van der Waals surface area contributed by atoms with E-state index in [0.29, 0.717) is 18.5 Å². The van der Waals surface area contributed by atoms with E-state index in [1.54, 1.807) is 19.1 Å². The third kappa shape index (κ3) is 5.52. The minimum absolute atomic E-state index is 0.0791. The van der Waals surface area contributed by atoms with E-state index in [0.717, 1.165) is 5.56 Å². The number of aliphatic hydroxyl groups excluding tert-OH is 1. The van der Waals surface area contributed by atoms with Crippen molar-refractivity contribution in [2.24, 2.45) is 0 Å². The van der Waals surface area contributed by atoms with Crippen LogP contribution < -0.4 is 10.6 Å². The standard InChI is InChI=1S/C14H20N2O3/c1-10-5-3-7-12(9-10)16-14(19)13(18)15-11(2)6-4-8-17/h3,5,7,9,11,17H,4,6,8H2,1-2H3,(H,15,18)(H,16,19). The molecule has 0 aliphatic heterocycles. The number of aliphatic hydroxyl groups is 1. The maximum absolute atomic E-state index is 11.7. The highest BCUT2D eigenvalue weighted by Gasteiger charge is 2.15. The molecule has 0 aliphatic rings. The molecule has 3 N–H and O–H groups in total. The number of carbonyl (C=O) groups is 2. The van der Waals surface area contributed by atoms with E-state index in [-0.39, 0.29) is 12.6 Å². The fourth-order valence-electron chi connectivity index (χ4n) is 1.67. The molecule has 0 radical (unpaired) electrons. The summed E-state index contributed by atoms with van der Waals surface area (Å²) in [6.07, 6.45) is 1.24. The Morgan fingerprint density at radius 1 is 1.32 bits per heavy atom. The number of nitrogens with one attached hydrogen (secondary N) is 2. The van der Waals surface area contributed by atoms with Gasteiger partial charge in [-0.05, 0) is 44.4 Å². The second kappa shape index (κ2) is 7.53. The van der Waals surface area contributed by atoms with Crippen molar-refractivity contribution < 1.29 is 14.7 Å². The SMILES string of the molecule is Cc1cccc(NC(=O)C(=O)NC(C)CCCO)c1. The lowest BCUT2D eigenvalue weighted by Gasteiger charge is -2.13. The molecule has 0 aromatic heterocycles. The lowest BCUT2D eigenvalue weighted by molar-refractivity contribution is -0.136. The van der Waals surface area contributed by atoms with E-state index in [9.17, 15) is 9.59 Å². The Morgan fingerprint density at radius 2 is 2.05 bits per heavy atom. The van der Waals surface area contributed by atoms with Crippen LogP contribution in [0, 0.1) is 6.92 Å². The van der Waals surface area contributed by atoms with Gasteiger partial charge >= 0.3 is 11.8 Å². The van der Waals surface area contributed by atoms with Gasteiger partial charge in [-0.3, -0.25) is 9.59 Å². The van der Waals surface area contributed by atoms with E-state index in [2.05, 4.69) is 10.6 Å². The van der Waals surface area contributed by atoms with E-state index < -0.39 is 11.8 Å². The molecule has 0 saturated heterocycles. The molecule has 19 heavy (non-hydrogen) atoms. The highest BCUT2D eigenvalue weighted by molar-refractivity contribution is 6.39. The van der Waals surface area contributed by atoms with Gasteiger partial charge in [0.15, 0.2) is 0 Å². The Labute approximate surface area is 113 Å². The summed E-state index contributed by atoms with van der Waals surface area (Å²) < 4.78 is 0. The summed E-state index contributed by atoms with van der Waals surface area (Å²) in [5, 5.41) is 13.8. The molecule has 0 fully saturated rings. The van der Waals surface area contributed by atoms with Crippen molar-refractivity contribution in [3.05, 3.63) is 29.8 Å². The molecule has 0 saturated carbocycles. The van der Waals surface area contributed by atoms with Gasteiger partial charge in [0.25, 0.3) is 0 Å². The molecule has 0 spiro atoms. The van der Waals surface area contributed by atoms with Crippen LogP contribution in [0.25, 0.3) is 0 Å². The minimum Gasteiger partial charge on any atom is -0.396 e. The van der Waals surface area contributed by atoms with Crippen LogP contribution in [0.5, 0.6) is 0 Å².